The van der Waals surface area contributed by atoms with E-state index < -0.39 is 43.0 Å². The molecule has 5 atom stereocenters. The lowest BCUT2D eigenvalue weighted by atomic mass is 10.0. The fourth-order valence-corrected chi connectivity index (χ4v) is 1.07. The van der Waals surface area contributed by atoms with Crippen LogP contribution in [0, 0.1) is 0 Å². The number of hydrogen-bond donors (Lipinski definition) is 7. The van der Waals surface area contributed by atoms with Gasteiger partial charge in [0, 0.05) is 6.54 Å². The van der Waals surface area contributed by atoms with E-state index in [2.05, 4.69) is 5.32 Å². The number of aliphatic carboxylic acids is 1. The zero-order valence-electron chi connectivity index (χ0n) is 9.39. The molecule has 102 valence electrons. The molecule has 0 fully saturated rings. The standard InChI is InChI=1S/C9H19NO7/c1-4(9(16)17)10-2-5(12)7(14)8(15)6(13)3-11/h4-8,10-15H,2-3H2,1H3,(H,16,17)/t4-,5?,6?,7?,8?/m0/s1. The van der Waals surface area contributed by atoms with Gasteiger partial charge in [0.25, 0.3) is 0 Å². The highest BCUT2D eigenvalue weighted by molar-refractivity contribution is 5.72. The van der Waals surface area contributed by atoms with E-state index in [0.29, 0.717) is 0 Å². The summed E-state index contributed by atoms with van der Waals surface area (Å²) < 4.78 is 0. The Kier molecular flexibility index (Phi) is 7.19. The van der Waals surface area contributed by atoms with Crippen LogP contribution in [0.15, 0.2) is 0 Å². The molecule has 0 amide bonds. The fraction of sp³-hybridized carbons (Fsp3) is 0.889. The second-order valence-electron chi connectivity index (χ2n) is 3.77. The summed E-state index contributed by atoms with van der Waals surface area (Å²) in [4.78, 5) is 10.4. The van der Waals surface area contributed by atoms with E-state index in [0.717, 1.165) is 0 Å². The molecule has 0 aliphatic heterocycles. The number of aliphatic hydroxyl groups is 5. The van der Waals surface area contributed by atoms with Crippen LogP contribution in [0.1, 0.15) is 6.92 Å². The van der Waals surface area contributed by atoms with Gasteiger partial charge in [0.05, 0.1) is 12.7 Å². The zero-order valence-corrected chi connectivity index (χ0v) is 9.39. The van der Waals surface area contributed by atoms with Crippen LogP contribution in [0.5, 0.6) is 0 Å². The van der Waals surface area contributed by atoms with Crippen molar-refractivity contribution in [1.82, 2.24) is 5.32 Å². The SMILES string of the molecule is C[C@H](NCC(O)C(O)C(O)C(O)CO)C(=O)O. The van der Waals surface area contributed by atoms with E-state index >= 15 is 0 Å². The first kappa shape index (κ1) is 16.2. The number of carboxylic acids is 1. The molecule has 0 bridgehead atoms. The number of carboxylic acid groups (broad SMARTS) is 1. The van der Waals surface area contributed by atoms with Crippen LogP contribution in [0.25, 0.3) is 0 Å². The highest BCUT2D eigenvalue weighted by atomic mass is 16.4. The number of aliphatic hydroxyl groups excluding tert-OH is 5. The van der Waals surface area contributed by atoms with E-state index in [1.807, 2.05) is 0 Å². The summed E-state index contributed by atoms with van der Waals surface area (Å²) in [5, 5.41) is 56.6. The van der Waals surface area contributed by atoms with Crippen LogP contribution >= 0.6 is 0 Å². The Morgan fingerprint density at radius 3 is 2.00 bits per heavy atom. The Labute approximate surface area is 98.1 Å². The molecule has 0 aromatic carbocycles. The lowest BCUT2D eigenvalue weighted by molar-refractivity contribution is -0.139. The van der Waals surface area contributed by atoms with Gasteiger partial charge in [-0.05, 0) is 6.92 Å². The minimum Gasteiger partial charge on any atom is -0.480 e. The average Bonchev–Trinajstić information content (AvgIpc) is 2.32. The van der Waals surface area contributed by atoms with Crippen molar-refractivity contribution in [3.05, 3.63) is 0 Å². The molecule has 4 unspecified atom stereocenters. The summed E-state index contributed by atoms with van der Waals surface area (Å²) in [6, 6.07) is -0.920. The molecular weight excluding hydrogens is 234 g/mol. The minimum absolute atomic E-state index is 0.274. The number of nitrogens with one attached hydrogen (secondary N) is 1. The Bertz CT molecular complexity index is 237. The third-order valence-electron chi connectivity index (χ3n) is 2.33. The van der Waals surface area contributed by atoms with Gasteiger partial charge in [-0.2, -0.15) is 0 Å². The quantitative estimate of drug-likeness (QED) is 0.235. The third kappa shape index (κ3) is 5.39. The van der Waals surface area contributed by atoms with Crippen LogP contribution in [-0.2, 0) is 4.79 Å². The molecule has 0 saturated carbocycles. The van der Waals surface area contributed by atoms with E-state index in [1.165, 1.54) is 6.92 Å². The molecule has 0 radical (unpaired) electrons. The van der Waals surface area contributed by atoms with Crippen molar-refractivity contribution < 1.29 is 35.4 Å². The average molecular weight is 253 g/mol. The molecule has 0 aliphatic carbocycles. The van der Waals surface area contributed by atoms with E-state index in [1.54, 1.807) is 0 Å². The summed E-state index contributed by atoms with van der Waals surface area (Å²) in [5.41, 5.74) is 0. The van der Waals surface area contributed by atoms with Gasteiger partial charge in [0.15, 0.2) is 0 Å². The Morgan fingerprint density at radius 1 is 1.12 bits per heavy atom. The Balaban J connectivity index is 4.13. The Hall–Kier alpha value is -0.770. The predicted molar refractivity (Wildman–Crippen MR) is 56.2 cm³/mol. The normalized spacial score (nSPS) is 20.4. The van der Waals surface area contributed by atoms with Gasteiger partial charge in [-0.15, -0.1) is 0 Å². The molecule has 0 aromatic rings. The number of rotatable bonds is 8. The van der Waals surface area contributed by atoms with Crippen molar-refractivity contribution in [2.24, 2.45) is 0 Å². The molecule has 8 nitrogen and oxygen atoms in total. The topological polar surface area (TPSA) is 150 Å². The number of carbonyl (C=O) groups is 1. The number of hydrogen-bond acceptors (Lipinski definition) is 7. The second-order valence-corrected chi connectivity index (χ2v) is 3.77. The zero-order chi connectivity index (χ0) is 13.6. The molecule has 0 aliphatic rings. The molecular formula is C9H19NO7. The predicted octanol–water partition coefficient (Wildman–Crippen LogP) is -3.51. The van der Waals surface area contributed by atoms with Crippen molar-refractivity contribution in [3.63, 3.8) is 0 Å². The Morgan fingerprint density at radius 2 is 1.59 bits per heavy atom. The summed E-state index contributed by atoms with van der Waals surface area (Å²) in [5.74, 6) is -1.12. The van der Waals surface area contributed by atoms with Crippen molar-refractivity contribution in [1.29, 1.82) is 0 Å². The second kappa shape index (κ2) is 7.54. The van der Waals surface area contributed by atoms with Gasteiger partial charge in [-0.3, -0.25) is 4.79 Å². The summed E-state index contributed by atoms with van der Waals surface area (Å²) in [6.07, 6.45) is -6.44. The molecule has 0 spiro atoms. The molecule has 7 N–H and O–H groups in total. The largest absolute Gasteiger partial charge is 0.480 e. The molecule has 0 saturated heterocycles. The summed E-state index contributed by atoms with van der Waals surface area (Å²) in [6.45, 7) is 0.314. The molecule has 0 aromatic heterocycles. The van der Waals surface area contributed by atoms with Gasteiger partial charge in [0.2, 0.25) is 0 Å². The molecule has 17 heavy (non-hydrogen) atoms. The maximum Gasteiger partial charge on any atom is 0.320 e. The monoisotopic (exact) mass is 253 g/mol. The highest BCUT2D eigenvalue weighted by Gasteiger charge is 2.30. The summed E-state index contributed by atoms with van der Waals surface area (Å²) in [7, 11) is 0. The van der Waals surface area contributed by atoms with Gasteiger partial charge < -0.3 is 36.0 Å². The van der Waals surface area contributed by atoms with Crippen molar-refractivity contribution in [2.75, 3.05) is 13.2 Å². The molecule has 0 heterocycles. The first-order valence-electron chi connectivity index (χ1n) is 5.10. The van der Waals surface area contributed by atoms with Gasteiger partial charge in [0.1, 0.15) is 24.4 Å². The molecule has 0 rings (SSSR count). The van der Waals surface area contributed by atoms with Crippen molar-refractivity contribution >= 4 is 5.97 Å². The van der Waals surface area contributed by atoms with Crippen molar-refractivity contribution in [2.45, 2.75) is 37.4 Å². The van der Waals surface area contributed by atoms with E-state index in [-0.39, 0.29) is 6.54 Å². The highest BCUT2D eigenvalue weighted by Crippen LogP contribution is 2.04. The lowest BCUT2D eigenvalue weighted by Gasteiger charge is -2.26. The summed E-state index contributed by atoms with van der Waals surface area (Å²) >= 11 is 0. The van der Waals surface area contributed by atoms with Crippen LogP contribution in [0.2, 0.25) is 0 Å². The maximum absolute atomic E-state index is 10.4. The fourth-order valence-electron chi connectivity index (χ4n) is 1.07. The van der Waals surface area contributed by atoms with Crippen LogP contribution in [-0.4, -0.2) is 80.2 Å². The third-order valence-corrected chi connectivity index (χ3v) is 2.33. The minimum atomic E-state index is -1.71. The van der Waals surface area contributed by atoms with Gasteiger partial charge >= 0.3 is 5.97 Å². The van der Waals surface area contributed by atoms with E-state index in [9.17, 15) is 20.1 Å². The van der Waals surface area contributed by atoms with Crippen LogP contribution in [0.3, 0.4) is 0 Å². The molecule has 8 heteroatoms. The van der Waals surface area contributed by atoms with Crippen LogP contribution < -0.4 is 5.32 Å². The first-order chi connectivity index (χ1) is 7.81. The lowest BCUT2D eigenvalue weighted by Crippen LogP contribution is -2.50. The first-order valence-corrected chi connectivity index (χ1v) is 5.10. The van der Waals surface area contributed by atoms with Crippen LogP contribution in [0.4, 0.5) is 0 Å². The van der Waals surface area contributed by atoms with Gasteiger partial charge in [-0.1, -0.05) is 0 Å². The maximum atomic E-state index is 10.4. The smallest absolute Gasteiger partial charge is 0.320 e. The van der Waals surface area contributed by atoms with Gasteiger partial charge in [-0.25, -0.2) is 0 Å². The van der Waals surface area contributed by atoms with Crippen molar-refractivity contribution in [3.8, 4) is 0 Å². The van der Waals surface area contributed by atoms with E-state index in [4.69, 9.17) is 15.3 Å².